The summed E-state index contributed by atoms with van der Waals surface area (Å²) < 4.78 is 27.7. The van der Waals surface area contributed by atoms with E-state index in [1.807, 2.05) is 35.9 Å². The van der Waals surface area contributed by atoms with Crippen molar-refractivity contribution in [3.63, 3.8) is 0 Å². The number of carbonyl (C=O) groups is 2. The number of hydrazine groups is 1. The summed E-state index contributed by atoms with van der Waals surface area (Å²) in [5, 5.41) is 29.2. The van der Waals surface area contributed by atoms with Crippen LogP contribution in [0.5, 0.6) is 0 Å². The van der Waals surface area contributed by atoms with Gasteiger partial charge in [-0.3, -0.25) is 35.7 Å². The zero-order valence-corrected chi connectivity index (χ0v) is 26.0. The summed E-state index contributed by atoms with van der Waals surface area (Å²) in [5.74, 6) is 3.09. The molecule has 0 aliphatic carbocycles. The number of nitro benzene ring substituents is 2. The number of anilines is 1. The molecule has 0 aliphatic heterocycles. The number of nitrogens with two attached hydrogens (primary N) is 1. The number of benzene rings is 2. The number of carbonyl (C=O) groups excluding carboxylic acids is 2. The van der Waals surface area contributed by atoms with E-state index in [4.69, 9.17) is 5.84 Å². The van der Waals surface area contributed by atoms with E-state index in [9.17, 15) is 38.6 Å². The summed E-state index contributed by atoms with van der Waals surface area (Å²) in [6.45, 7) is 3.26. The first-order valence-electron chi connectivity index (χ1n) is 12.4. The second-order valence-electron chi connectivity index (χ2n) is 8.80. The zero-order chi connectivity index (χ0) is 32.4. The minimum absolute atomic E-state index is 0. The SMILES string of the molecule is CC(=O)CC(=O)c1cccs1.Cc1cc(-c2cccs2)n(-c2ccc(F)c([N+](=O)[O-])c2)n1.Cl.NNc1ccc(F)c([N+](=O)[O-])c1. The van der Waals surface area contributed by atoms with Crippen LogP contribution in [0.2, 0.25) is 0 Å². The van der Waals surface area contributed by atoms with Crippen molar-refractivity contribution in [2.24, 2.45) is 5.84 Å². The Bertz CT molecular complexity index is 1780. The van der Waals surface area contributed by atoms with Crippen molar-refractivity contribution in [2.45, 2.75) is 20.3 Å². The fourth-order valence-electron chi connectivity index (χ4n) is 3.56. The highest BCUT2D eigenvalue weighted by Gasteiger charge is 2.18. The Hall–Kier alpha value is -4.90. The molecule has 0 amide bonds. The Labute approximate surface area is 268 Å². The smallest absolute Gasteiger partial charge is 0.306 e. The van der Waals surface area contributed by atoms with Crippen LogP contribution in [0.3, 0.4) is 0 Å². The number of halogens is 3. The molecule has 0 spiro atoms. The Kier molecular flexibility index (Phi) is 13.6. The molecule has 0 saturated carbocycles. The van der Waals surface area contributed by atoms with Crippen LogP contribution < -0.4 is 11.3 Å². The van der Waals surface area contributed by atoms with Crippen molar-refractivity contribution in [3.8, 4) is 16.3 Å². The van der Waals surface area contributed by atoms with Gasteiger partial charge in [0.2, 0.25) is 11.6 Å². The van der Waals surface area contributed by atoms with Gasteiger partial charge in [0.15, 0.2) is 5.78 Å². The maximum Gasteiger partial charge on any atom is 0.306 e. The first-order chi connectivity index (χ1) is 20.9. The molecular weight excluding hydrogens is 654 g/mol. The van der Waals surface area contributed by atoms with E-state index in [2.05, 4.69) is 10.5 Å². The molecule has 12 nitrogen and oxygen atoms in total. The number of hydrogen-bond donors (Lipinski definition) is 2. The van der Waals surface area contributed by atoms with Gasteiger partial charge in [-0.05, 0) is 67.1 Å². The number of nitrogens with zero attached hydrogens (tertiary/aromatic N) is 4. The lowest BCUT2D eigenvalue weighted by Crippen LogP contribution is -2.07. The predicted molar refractivity (Wildman–Crippen MR) is 170 cm³/mol. The minimum atomic E-state index is -0.876. The molecule has 45 heavy (non-hydrogen) atoms. The Morgan fingerprint density at radius 1 is 0.933 bits per heavy atom. The van der Waals surface area contributed by atoms with Crippen molar-refractivity contribution >= 4 is 63.7 Å². The molecule has 17 heteroatoms. The highest BCUT2D eigenvalue weighted by molar-refractivity contribution is 7.13. The van der Waals surface area contributed by atoms with Gasteiger partial charge in [-0.1, -0.05) is 12.1 Å². The zero-order valence-electron chi connectivity index (χ0n) is 23.5. The molecule has 2 aromatic carbocycles. The van der Waals surface area contributed by atoms with Crippen molar-refractivity contribution in [2.75, 3.05) is 5.43 Å². The summed E-state index contributed by atoms with van der Waals surface area (Å²) in [4.78, 5) is 42.8. The molecular formula is C28H25ClF2N6O6S2. The molecule has 3 aromatic heterocycles. The Balaban J connectivity index is 0.000000252. The molecule has 0 radical (unpaired) electrons. The number of ketones is 2. The molecule has 3 heterocycles. The van der Waals surface area contributed by atoms with Crippen LogP contribution in [0, 0.1) is 38.8 Å². The second-order valence-corrected chi connectivity index (χ2v) is 10.7. The summed E-state index contributed by atoms with van der Waals surface area (Å²) in [7, 11) is 0. The maximum absolute atomic E-state index is 13.4. The standard InChI is InChI=1S/C14H10FN3O2S.C8H8O2S.C6H6FN3O2.ClH/c1-9-7-13(14-3-2-6-21-14)17(16-9)10-4-5-11(15)12(8-10)18(19)20;1-6(9)5-7(10)8-3-2-4-11-8;7-5-2-1-4(9-8)3-6(5)10(11)12;/h2-8H,1H3;2-4H,5H2,1H3;1-3,9H,8H2;1H. The van der Waals surface area contributed by atoms with E-state index in [1.54, 1.807) is 28.2 Å². The number of rotatable bonds is 8. The van der Waals surface area contributed by atoms with Crippen molar-refractivity contribution in [1.82, 2.24) is 9.78 Å². The minimum Gasteiger partial charge on any atom is -0.324 e. The number of Topliss-reactive ketones (excluding diaryl/α,β-unsaturated/α-hetero) is 2. The largest absolute Gasteiger partial charge is 0.324 e. The average molecular weight is 679 g/mol. The third-order valence-electron chi connectivity index (χ3n) is 5.49. The number of nitrogens with one attached hydrogen (secondary N) is 1. The topological polar surface area (TPSA) is 176 Å². The number of nitrogen functional groups attached to an aromatic ring is 1. The van der Waals surface area contributed by atoms with Crippen molar-refractivity contribution in [1.29, 1.82) is 0 Å². The van der Waals surface area contributed by atoms with Gasteiger partial charge in [-0.25, -0.2) is 4.68 Å². The molecule has 0 unspecified atom stereocenters. The monoisotopic (exact) mass is 678 g/mol. The molecule has 0 aliphatic rings. The summed E-state index contributed by atoms with van der Waals surface area (Å²) >= 11 is 2.91. The van der Waals surface area contributed by atoms with E-state index >= 15 is 0 Å². The van der Waals surface area contributed by atoms with Gasteiger partial charge in [-0.2, -0.15) is 13.9 Å². The highest BCUT2D eigenvalue weighted by atomic mass is 35.5. The Morgan fingerprint density at radius 2 is 1.53 bits per heavy atom. The van der Waals surface area contributed by atoms with Crippen LogP contribution in [0.15, 0.2) is 77.5 Å². The predicted octanol–water partition coefficient (Wildman–Crippen LogP) is 7.31. The molecule has 5 aromatic rings. The molecule has 0 bridgehead atoms. The van der Waals surface area contributed by atoms with Crippen LogP contribution in [0.1, 0.15) is 28.7 Å². The summed E-state index contributed by atoms with van der Waals surface area (Å²) in [5.41, 5.74) is 3.39. The van der Waals surface area contributed by atoms with Crippen molar-refractivity contribution in [3.05, 3.63) is 120 Å². The van der Waals surface area contributed by atoms with Crippen LogP contribution >= 0.6 is 35.1 Å². The van der Waals surface area contributed by atoms with Crippen molar-refractivity contribution < 1.29 is 28.2 Å². The van der Waals surface area contributed by atoms with Crippen LogP contribution in [0.25, 0.3) is 16.3 Å². The van der Waals surface area contributed by atoms with Gasteiger partial charge in [0.1, 0.15) is 5.78 Å². The fourth-order valence-corrected chi connectivity index (χ4v) is 4.95. The first-order valence-corrected chi connectivity index (χ1v) is 14.2. The second kappa shape index (κ2) is 16.8. The van der Waals surface area contributed by atoms with E-state index in [0.717, 1.165) is 34.5 Å². The quantitative estimate of drug-likeness (QED) is 0.0560. The third kappa shape index (κ3) is 10.1. The van der Waals surface area contributed by atoms with E-state index in [-0.39, 0.29) is 30.4 Å². The molecule has 3 N–H and O–H groups in total. The van der Waals surface area contributed by atoms with Gasteiger partial charge in [0.25, 0.3) is 0 Å². The van der Waals surface area contributed by atoms with Gasteiger partial charge >= 0.3 is 11.4 Å². The summed E-state index contributed by atoms with van der Waals surface area (Å²) in [6, 6.07) is 16.3. The Morgan fingerprint density at radius 3 is 2.07 bits per heavy atom. The van der Waals surface area contributed by atoms with Crippen LogP contribution in [-0.4, -0.2) is 31.2 Å². The lowest BCUT2D eigenvalue weighted by molar-refractivity contribution is -0.387. The molecule has 0 fully saturated rings. The lowest BCUT2D eigenvalue weighted by Gasteiger charge is -2.06. The first kappa shape index (κ1) is 36.3. The van der Waals surface area contributed by atoms with E-state index in [1.165, 1.54) is 36.5 Å². The fraction of sp³-hybridized carbons (Fsp3) is 0.107. The number of hydrogen-bond acceptors (Lipinski definition) is 11. The third-order valence-corrected chi connectivity index (χ3v) is 7.29. The van der Waals surface area contributed by atoms with Gasteiger partial charge < -0.3 is 5.43 Å². The average Bonchev–Trinajstić information content (AvgIpc) is 3.76. The van der Waals surface area contributed by atoms with Gasteiger partial charge in [-0.15, -0.1) is 35.1 Å². The maximum atomic E-state index is 13.4. The number of nitro groups is 2. The molecule has 0 atom stereocenters. The number of aryl methyl sites for hydroxylation is 1. The van der Waals surface area contributed by atoms with Crippen LogP contribution in [0.4, 0.5) is 25.8 Å². The molecule has 0 saturated heterocycles. The van der Waals surface area contributed by atoms with E-state index < -0.39 is 32.9 Å². The summed E-state index contributed by atoms with van der Waals surface area (Å²) in [6.07, 6.45) is 0.0283. The number of aromatic nitrogens is 2. The van der Waals surface area contributed by atoms with Crippen LogP contribution in [-0.2, 0) is 4.79 Å². The van der Waals surface area contributed by atoms with Gasteiger partial charge in [0, 0.05) is 12.1 Å². The molecule has 236 valence electrons. The highest BCUT2D eigenvalue weighted by Crippen LogP contribution is 2.29. The van der Waals surface area contributed by atoms with Gasteiger partial charge in [0.05, 0.1) is 48.8 Å². The van der Waals surface area contributed by atoms with E-state index in [0.29, 0.717) is 16.3 Å². The normalized spacial score (nSPS) is 9.89. The lowest BCUT2D eigenvalue weighted by atomic mass is 10.2. The number of thiophene rings is 2. The molecule has 5 rings (SSSR count).